The quantitative estimate of drug-likeness (QED) is 0.411. The van der Waals surface area contributed by atoms with E-state index in [9.17, 15) is 14.4 Å². The molecule has 156 valence electrons. The molecule has 0 fully saturated rings. The maximum Gasteiger partial charge on any atom is 0.251 e. The van der Waals surface area contributed by atoms with Crippen molar-refractivity contribution < 1.29 is 19.1 Å². The van der Waals surface area contributed by atoms with E-state index in [4.69, 9.17) is 4.74 Å². The first-order valence-corrected chi connectivity index (χ1v) is 9.66. The number of benzene rings is 3. The molecule has 0 bridgehead atoms. The molecular formula is C25H22N2O4. The van der Waals surface area contributed by atoms with Crippen molar-refractivity contribution in [2.24, 2.45) is 0 Å². The van der Waals surface area contributed by atoms with Gasteiger partial charge >= 0.3 is 0 Å². The second kappa shape index (κ2) is 10.0. The minimum absolute atomic E-state index is 0.0536. The highest BCUT2D eigenvalue weighted by Gasteiger charge is 2.11. The number of rotatable bonds is 7. The molecule has 3 aromatic rings. The molecular weight excluding hydrogens is 392 g/mol. The number of nitrogens with one attached hydrogen (secondary N) is 2. The average molecular weight is 414 g/mol. The van der Waals surface area contributed by atoms with Gasteiger partial charge in [0.25, 0.3) is 5.91 Å². The Hall–Kier alpha value is -4.19. The molecule has 2 amide bonds. The summed E-state index contributed by atoms with van der Waals surface area (Å²) in [7, 11) is 0. The number of para-hydroxylation sites is 3. The third-order valence-corrected chi connectivity index (χ3v) is 4.37. The van der Waals surface area contributed by atoms with Gasteiger partial charge in [-0.2, -0.15) is 0 Å². The summed E-state index contributed by atoms with van der Waals surface area (Å²) in [5, 5.41) is 5.44. The van der Waals surface area contributed by atoms with Crippen LogP contribution in [-0.4, -0.2) is 17.6 Å². The van der Waals surface area contributed by atoms with Crippen LogP contribution >= 0.6 is 0 Å². The Labute approximate surface area is 180 Å². The number of Topliss-reactive ketones (excluding diaryl/α,β-unsaturated/α-hetero) is 1. The van der Waals surface area contributed by atoms with Crippen molar-refractivity contribution in [3.63, 3.8) is 0 Å². The second-order valence-corrected chi connectivity index (χ2v) is 6.82. The lowest BCUT2D eigenvalue weighted by Gasteiger charge is -2.11. The molecule has 0 saturated carbocycles. The zero-order valence-electron chi connectivity index (χ0n) is 17.2. The summed E-state index contributed by atoms with van der Waals surface area (Å²) in [6.45, 7) is 3.02. The van der Waals surface area contributed by atoms with Crippen LogP contribution in [0.2, 0.25) is 0 Å². The number of carbonyl (C=O) groups excluding carboxylic acids is 3. The van der Waals surface area contributed by atoms with Crippen molar-refractivity contribution in [1.29, 1.82) is 0 Å². The van der Waals surface area contributed by atoms with Crippen LogP contribution < -0.4 is 15.4 Å². The molecule has 3 aromatic carbocycles. The fourth-order valence-corrected chi connectivity index (χ4v) is 2.72. The van der Waals surface area contributed by atoms with Crippen LogP contribution in [-0.2, 0) is 9.59 Å². The number of ketones is 1. The Morgan fingerprint density at radius 3 is 2.10 bits per heavy atom. The van der Waals surface area contributed by atoms with E-state index in [2.05, 4.69) is 10.6 Å². The van der Waals surface area contributed by atoms with Gasteiger partial charge in [-0.15, -0.1) is 0 Å². The number of hydrogen-bond acceptors (Lipinski definition) is 4. The molecule has 6 nitrogen and oxygen atoms in total. The van der Waals surface area contributed by atoms with E-state index >= 15 is 0 Å². The molecule has 0 saturated heterocycles. The maximum atomic E-state index is 12.4. The van der Waals surface area contributed by atoms with Crippen molar-refractivity contribution in [3.8, 4) is 11.5 Å². The topological polar surface area (TPSA) is 84.5 Å². The molecule has 6 heteroatoms. The van der Waals surface area contributed by atoms with Gasteiger partial charge < -0.3 is 15.4 Å². The minimum Gasteiger partial charge on any atom is -0.455 e. The van der Waals surface area contributed by atoms with Crippen molar-refractivity contribution >= 4 is 29.0 Å². The van der Waals surface area contributed by atoms with Gasteiger partial charge in [-0.3, -0.25) is 14.4 Å². The number of carbonyl (C=O) groups is 3. The molecule has 3 rings (SSSR count). The van der Waals surface area contributed by atoms with E-state index in [0.29, 0.717) is 28.4 Å². The first kappa shape index (κ1) is 21.5. The van der Waals surface area contributed by atoms with Gasteiger partial charge in [0.1, 0.15) is 5.75 Å². The van der Waals surface area contributed by atoms with Crippen LogP contribution in [0.3, 0.4) is 0 Å². The molecule has 0 aliphatic rings. The second-order valence-electron chi connectivity index (χ2n) is 6.82. The zero-order valence-corrected chi connectivity index (χ0v) is 17.2. The fourth-order valence-electron chi connectivity index (χ4n) is 2.72. The van der Waals surface area contributed by atoms with Gasteiger partial charge in [0.2, 0.25) is 5.91 Å². The highest BCUT2D eigenvalue weighted by atomic mass is 16.5. The van der Waals surface area contributed by atoms with E-state index in [1.165, 1.54) is 13.0 Å². The van der Waals surface area contributed by atoms with Gasteiger partial charge in [-0.25, -0.2) is 0 Å². The van der Waals surface area contributed by atoms with E-state index in [1.54, 1.807) is 55.5 Å². The first-order chi connectivity index (χ1) is 14.9. The lowest BCUT2D eigenvalue weighted by Crippen LogP contribution is -2.16. The third-order valence-electron chi connectivity index (χ3n) is 4.37. The molecule has 0 aromatic heterocycles. The molecule has 0 radical (unpaired) electrons. The number of anilines is 2. The van der Waals surface area contributed by atoms with E-state index in [-0.39, 0.29) is 11.4 Å². The summed E-state index contributed by atoms with van der Waals surface area (Å²) in [5.41, 5.74) is 1.81. The summed E-state index contributed by atoms with van der Waals surface area (Å²) in [6.07, 6.45) is 1.22. The molecule has 31 heavy (non-hydrogen) atoms. The van der Waals surface area contributed by atoms with Crippen LogP contribution in [0.4, 0.5) is 11.4 Å². The minimum atomic E-state index is -0.455. The Bertz CT molecular complexity index is 1120. The molecule has 2 N–H and O–H groups in total. The number of ether oxygens (including phenoxy) is 1. The Kier molecular flexibility index (Phi) is 6.96. The fraction of sp³-hybridized carbons (Fsp3) is 0.0800. The number of amides is 2. The first-order valence-electron chi connectivity index (χ1n) is 9.66. The predicted molar refractivity (Wildman–Crippen MR) is 120 cm³/mol. The van der Waals surface area contributed by atoms with Crippen LogP contribution in [0, 0.1) is 0 Å². The SMILES string of the molecule is CC(=O)c1ccc(NC(=O)/C(C)=C\C(=O)Nc2ccccc2Oc2ccccc2)cc1. The average Bonchev–Trinajstić information content (AvgIpc) is 2.76. The maximum absolute atomic E-state index is 12.4. The lowest BCUT2D eigenvalue weighted by atomic mass is 10.1. The monoisotopic (exact) mass is 414 g/mol. The molecule has 0 aliphatic heterocycles. The molecule has 0 atom stereocenters. The Morgan fingerprint density at radius 2 is 1.42 bits per heavy atom. The van der Waals surface area contributed by atoms with E-state index in [0.717, 1.165) is 0 Å². The van der Waals surface area contributed by atoms with Gasteiger partial charge in [0.15, 0.2) is 11.5 Å². The predicted octanol–water partition coefficient (Wildman–Crippen LogP) is 5.21. The van der Waals surface area contributed by atoms with E-state index in [1.807, 2.05) is 30.3 Å². The van der Waals surface area contributed by atoms with Crippen molar-refractivity contribution in [2.75, 3.05) is 10.6 Å². The molecule has 0 unspecified atom stereocenters. The largest absolute Gasteiger partial charge is 0.455 e. The Morgan fingerprint density at radius 1 is 0.774 bits per heavy atom. The summed E-state index contributed by atoms with van der Waals surface area (Å²) in [4.78, 5) is 36.2. The van der Waals surface area contributed by atoms with Gasteiger partial charge in [-0.1, -0.05) is 30.3 Å². The van der Waals surface area contributed by atoms with Crippen molar-refractivity contribution in [2.45, 2.75) is 13.8 Å². The highest BCUT2D eigenvalue weighted by Crippen LogP contribution is 2.29. The normalized spacial score (nSPS) is 10.8. The smallest absolute Gasteiger partial charge is 0.251 e. The van der Waals surface area contributed by atoms with Gasteiger partial charge in [0.05, 0.1) is 5.69 Å². The summed E-state index contributed by atoms with van der Waals surface area (Å²) in [6, 6.07) is 22.8. The summed E-state index contributed by atoms with van der Waals surface area (Å²) >= 11 is 0. The standard InChI is InChI=1S/C25H22N2O4/c1-17(25(30)26-20-14-12-19(13-15-20)18(2)28)16-24(29)27-22-10-6-7-11-23(22)31-21-8-4-3-5-9-21/h3-16H,1-2H3,(H,26,30)(H,27,29)/b17-16-. The zero-order chi connectivity index (χ0) is 22.2. The van der Waals surface area contributed by atoms with Crippen LogP contribution in [0.15, 0.2) is 90.5 Å². The van der Waals surface area contributed by atoms with Crippen LogP contribution in [0.1, 0.15) is 24.2 Å². The van der Waals surface area contributed by atoms with Crippen LogP contribution in [0.5, 0.6) is 11.5 Å². The molecule has 0 spiro atoms. The third kappa shape index (κ3) is 6.14. The highest BCUT2D eigenvalue weighted by molar-refractivity contribution is 6.10. The summed E-state index contributed by atoms with van der Waals surface area (Å²) < 4.78 is 5.83. The Balaban J connectivity index is 1.65. The lowest BCUT2D eigenvalue weighted by molar-refractivity contribution is -0.114. The number of hydrogen-bond donors (Lipinski definition) is 2. The van der Waals surface area contributed by atoms with Crippen LogP contribution in [0.25, 0.3) is 0 Å². The van der Waals surface area contributed by atoms with Crippen molar-refractivity contribution in [1.82, 2.24) is 0 Å². The molecule has 0 aliphatic carbocycles. The van der Waals surface area contributed by atoms with Gasteiger partial charge in [0, 0.05) is 22.9 Å². The van der Waals surface area contributed by atoms with Crippen molar-refractivity contribution in [3.05, 3.63) is 96.1 Å². The summed E-state index contributed by atoms with van der Waals surface area (Å²) in [5.74, 6) is 0.208. The van der Waals surface area contributed by atoms with Gasteiger partial charge in [-0.05, 0) is 62.4 Å². The van der Waals surface area contributed by atoms with E-state index < -0.39 is 11.8 Å². The molecule has 0 heterocycles.